The van der Waals surface area contributed by atoms with Gasteiger partial charge in [-0.15, -0.1) is 0 Å². The molecule has 0 aliphatic heterocycles. The molecule has 5 heteroatoms. The predicted octanol–water partition coefficient (Wildman–Crippen LogP) is 2.56. The molecule has 0 unspecified atom stereocenters. The van der Waals surface area contributed by atoms with Crippen molar-refractivity contribution in [2.45, 2.75) is 19.3 Å². The zero-order valence-electron chi connectivity index (χ0n) is 12.4. The highest BCUT2D eigenvalue weighted by Gasteiger charge is 2.33. The van der Waals surface area contributed by atoms with E-state index in [1.165, 1.54) is 0 Å². The maximum atomic E-state index is 11.5. The van der Waals surface area contributed by atoms with E-state index in [1.807, 2.05) is 29.9 Å². The molecule has 2 rings (SSSR count). The number of nitrogens with zero attached hydrogens (tertiary/aromatic N) is 1. The summed E-state index contributed by atoms with van der Waals surface area (Å²) in [4.78, 5) is 11.5. The second kappa shape index (κ2) is 4.74. The molecule has 1 aromatic carbocycles. The van der Waals surface area contributed by atoms with Crippen LogP contribution in [0.2, 0.25) is 0 Å². The molecule has 5 nitrogen and oxygen atoms in total. The van der Waals surface area contributed by atoms with E-state index < -0.39 is 11.4 Å². The minimum Gasteiger partial charge on any atom is -0.493 e. The molecule has 0 saturated carbocycles. The molecule has 0 spiro atoms. The molecule has 108 valence electrons. The smallest absolute Gasteiger partial charge is 0.313 e. The number of methoxy groups -OCH3 is 2. The number of carbonyl (C=O) groups is 1. The third kappa shape index (κ3) is 1.99. The van der Waals surface area contributed by atoms with Crippen LogP contribution in [0, 0.1) is 0 Å². The Morgan fingerprint density at radius 1 is 1.20 bits per heavy atom. The molecule has 0 atom stereocenters. The van der Waals surface area contributed by atoms with Crippen molar-refractivity contribution in [1.82, 2.24) is 4.57 Å². The molecular formula is C15H19NO4. The maximum absolute atomic E-state index is 11.5. The number of ether oxygens (including phenoxy) is 2. The van der Waals surface area contributed by atoms with Gasteiger partial charge < -0.3 is 19.1 Å². The zero-order valence-corrected chi connectivity index (χ0v) is 12.4. The van der Waals surface area contributed by atoms with Crippen LogP contribution in [0.4, 0.5) is 0 Å². The van der Waals surface area contributed by atoms with E-state index in [1.54, 1.807) is 28.1 Å². The first kappa shape index (κ1) is 14.2. The molecule has 0 aliphatic rings. The number of fused-ring (bicyclic) bond motifs is 1. The highest BCUT2D eigenvalue weighted by Crippen LogP contribution is 2.38. The average molecular weight is 277 g/mol. The van der Waals surface area contributed by atoms with E-state index >= 15 is 0 Å². The van der Waals surface area contributed by atoms with E-state index in [0.29, 0.717) is 11.5 Å². The Bertz CT molecular complexity index is 670. The summed E-state index contributed by atoms with van der Waals surface area (Å²) in [6.45, 7) is 3.39. The number of aryl methyl sites for hydroxylation is 1. The Morgan fingerprint density at radius 3 is 2.25 bits per heavy atom. The van der Waals surface area contributed by atoms with Crippen molar-refractivity contribution in [2.24, 2.45) is 7.05 Å². The lowest BCUT2D eigenvalue weighted by Crippen LogP contribution is -2.28. The Morgan fingerprint density at radius 2 is 1.75 bits per heavy atom. The fourth-order valence-electron chi connectivity index (χ4n) is 2.32. The molecule has 0 radical (unpaired) electrons. The topological polar surface area (TPSA) is 60.7 Å². The summed E-state index contributed by atoms with van der Waals surface area (Å²) in [7, 11) is 5.03. The van der Waals surface area contributed by atoms with Crippen molar-refractivity contribution in [3.8, 4) is 11.5 Å². The summed E-state index contributed by atoms with van der Waals surface area (Å²) in [5.41, 5.74) is 0.689. The van der Waals surface area contributed by atoms with Crippen LogP contribution in [-0.2, 0) is 17.3 Å². The predicted molar refractivity (Wildman–Crippen MR) is 76.7 cm³/mol. The molecule has 1 aromatic heterocycles. The van der Waals surface area contributed by atoms with Crippen LogP contribution in [0.5, 0.6) is 11.5 Å². The van der Waals surface area contributed by atoms with Crippen molar-refractivity contribution < 1.29 is 19.4 Å². The standard InChI is InChI=1S/C15H19NO4/c1-15(2,14(17)18)10-8-16(3)11-7-13(20-5)12(19-4)6-9(10)11/h6-8H,1-5H3,(H,17,18). The first-order valence-electron chi connectivity index (χ1n) is 6.27. The molecule has 0 bridgehead atoms. The van der Waals surface area contributed by atoms with Gasteiger partial charge >= 0.3 is 5.97 Å². The van der Waals surface area contributed by atoms with Gasteiger partial charge in [-0.05, 0) is 25.5 Å². The zero-order chi connectivity index (χ0) is 15.1. The second-order valence-electron chi connectivity index (χ2n) is 5.31. The normalized spacial score (nSPS) is 11.7. The van der Waals surface area contributed by atoms with Gasteiger partial charge in [0.1, 0.15) is 0 Å². The molecule has 2 aromatic rings. The Labute approximate surface area is 117 Å². The van der Waals surface area contributed by atoms with Crippen molar-refractivity contribution >= 4 is 16.9 Å². The third-order valence-corrected chi connectivity index (χ3v) is 3.70. The number of hydrogen-bond acceptors (Lipinski definition) is 3. The average Bonchev–Trinajstić information content (AvgIpc) is 2.74. The van der Waals surface area contributed by atoms with Crippen LogP contribution >= 0.6 is 0 Å². The molecule has 0 saturated heterocycles. The van der Waals surface area contributed by atoms with Crippen LogP contribution in [0.25, 0.3) is 10.9 Å². The van der Waals surface area contributed by atoms with Gasteiger partial charge in [0.2, 0.25) is 0 Å². The summed E-state index contributed by atoms with van der Waals surface area (Å²) in [5.74, 6) is 0.356. The van der Waals surface area contributed by atoms with E-state index in [2.05, 4.69) is 0 Å². The molecule has 1 N–H and O–H groups in total. The van der Waals surface area contributed by atoms with Gasteiger partial charge in [-0.3, -0.25) is 4.79 Å². The molecule has 0 fully saturated rings. The van der Waals surface area contributed by atoms with Crippen LogP contribution < -0.4 is 9.47 Å². The highest BCUT2D eigenvalue weighted by molar-refractivity contribution is 5.93. The van der Waals surface area contributed by atoms with Crippen molar-refractivity contribution in [3.05, 3.63) is 23.9 Å². The summed E-state index contributed by atoms with van der Waals surface area (Å²) < 4.78 is 12.5. The maximum Gasteiger partial charge on any atom is 0.313 e. The first-order valence-corrected chi connectivity index (χ1v) is 6.27. The van der Waals surface area contributed by atoms with Gasteiger partial charge in [0.05, 0.1) is 25.2 Å². The fourth-order valence-corrected chi connectivity index (χ4v) is 2.32. The Hall–Kier alpha value is -2.17. The Balaban J connectivity index is 2.79. The number of aliphatic carboxylic acids is 1. The minimum atomic E-state index is -0.973. The van der Waals surface area contributed by atoms with Gasteiger partial charge in [0.25, 0.3) is 0 Å². The largest absolute Gasteiger partial charge is 0.493 e. The monoisotopic (exact) mass is 277 g/mol. The molecule has 0 aliphatic carbocycles. The second-order valence-corrected chi connectivity index (χ2v) is 5.31. The third-order valence-electron chi connectivity index (χ3n) is 3.70. The molecule has 0 amide bonds. The van der Waals surface area contributed by atoms with Crippen molar-refractivity contribution in [2.75, 3.05) is 14.2 Å². The first-order chi connectivity index (χ1) is 9.32. The van der Waals surface area contributed by atoms with Gasteiger partial charge in [0.15, 0.2) is 11.5 Å². The van der Waals surface area contributed by atoms with Crippen molar-refractivity contribution in [3.63, 3.8) is 0 Å². The van der Waals surface area contributed by atoms with Crippen LogP contribution in [0.15, 0.2) is 18.3 Å². The lowest BCUT2D eigenvalue weighted by molar-refractivity contribution is -0.142. The van der Waals surface area contributed by atoms with E-state index in [9.17, 15) is 9.90 Å². The summed E-state index contributed by atoms with van der Waals surface area (Å²) in [6.07, 6.45) is 1.84. The Kier molecular flexibility index (Phi) is 3.38. The van der Waals surface area contributed by atoms with Crippen LogP contribution in [-0.4, -0.2) is 29.9 Å². The minimum absolute atomic E-state index is 0.591. The van der Waals surface area contributed by atoms with Crippen LogP contribution in [0.1, 0.15) is 19.4 Å². The summed E-state index contributed by atoms with van der Waals surface area (Å²) >= 11 is 0. The molecular weight excluding hydrogens is 258 g/mol. The molecule has 1 heterocycles. The lowest BCUT2D eigenvalue weighted by atomic mass is 9.84. The van der Waals surface area contributed by atoms with Crippen LogP contribution in [0.3, 0.4) is 0 Å². The van der Waals surface area contributed by atoms with Gasteiger partial charge in [-0.25, -0.2) is 0 Å². The molecule has 20 heavy (non-hydrogen) atoms. The van der Waals surface area contributed by atoms with E-state index in [0.717, 1.165) is 16.5 Å². The van der Waals surface area contributed by atoms with Gasteiger partial charge in [-0.1, -0.05) is 0 Å². The number of aromatic nitrogens is 1. The SMILES string of the molecule is COc1cc2c(C(C)(C)C(=O)O)cn(C)c2cc1OC. The number of carboxylic acid groups (broad SMARTS) is 1. The van der Waals surface area contributed by atoms with Crippen molar-refractivity contribution in [1.29, 1.82) is 0 Å². The van der Waals surface area contributed by atoms with E-state index in [-0.39, 0.29) is 0 Å². The number of benzene rings is 1. The number of carboxylic acids is 1. The highest BCUT2D eigenvalue weighted by atomic mass is 16.5. The fraction of sp³-hybridized carbons (Fsp3) is 0.400. The van der Waals surface area contributed by atoms with E-state index in [4.69, 9.17) is 9.47 Å². The lowest BCUT2D eigenvalue weighted by Gasteiger charge is -2.18. The van der Waals surface area contributed by atoms with Gasteiger partial charge in [0, 0.05) is 24.7 Å². The summed E-state index contributed by atoms with van der Waals surface area (Å²) in [6, 6.07) is 3.68. The summed E-state index contributed by atoms with van der Waals surface area (Å²) in [5, 5.41) is 10.3. The van der Waals surface area contributed by atoms with Gasteiger partial charge in [-0.2, -0.15) is 0 Å². The number of rotatable bonds is 4. The quantitative estimate of drug-likeness (QED) is 0.933. The number of hydrogen-bond donors (Lipinski definition) is 1.